The Balaban J connectivity index is 0.00000338. The minimum atomic E-state index is 0. The number of rotatable bonds is 9. The summed E-state index contributed by atoms with van der Waals surface area (Å²) in [5, 5.41) is 3.40. The molecule has 1 N–H and O–H groups in total. The standard InChI is InChI=1S/C19H25NO5.ClH/c1-21-15-8-13(9-16(10-15)22-2)11-20-12-14-6-7-17(23-3)19(25-5)18(14)24-4;/h6-10,20H,11-12H2,1-5H3;1H. The third kappa shape index (κ3) is 5.09. The normalized spacial score (nSPS) is 9.88. The molecule has 0 heterocycles. The summed E-state index contributed by atoms with van der Waals surface area (Å²) in [6, 6.07) is 9.62. The summed E-state index contributed by atoms with van der Waals surface area (Å²) in [4.78, 5) is 0. The molecular weight excluding hydrogens is 358 g/mol. The molecule has 0 aliphatic carbocycles. The Morgan fingerprint density at radius 1 is 0.692 bits per heavy atom. The van der Waals surface area contributed by atoms with Gasteiger partial charge in [-0.25, -0.2) is 0 Å². The quantitative estimate of drug-likeness (QED) is 0.715. The van der Waals surface area contributed by atoms with Crippen LogP contribution < -0.4 is 29.0 Å². The number of hydrogen-bond acceptors (Lipinski definition) is 6. The maximum absolute atomic E-state index is 5.50. The zero-order valence-electron chi connectivity index (χ0n) is 15.8. The molecule has 0 bridgehead atoms. The van der Waals surface area contributed by atoms with Crippen LogP contribution in [-0.2, 0) is 13.1 Å². The van der Waals surface area contributed by atoms with Crippen molar-refractivity contribution in [3.05, 3.63) is 41.5 Å². The van der Waals surface area contributed by atoms with Gasteiger partial charge in [-0.1, -0.05) is 6.07 Å². The fourth-order valence-electron chi connectivity index (χ4n) is 2.61. The molecule has 7 heteroatoms. The zero-order chi connectivity index (χ0) is 18.2. The van der Waals surface area contributed by atoms with Gasteiger partial charge >= 0.3 is 0 Å². The van der Waals surface area contributed by atoms with Crippen molar-refractivity contribution in [1.82, 2.24) is 5.32 Å². The molecule has 0 aliphatic rings. The highest BCUT2D eigenvalue weighted by atomic mass is 35.5. The van der Waals surface area contributed by atoms with Crippen LogP contribution >= 0.6 is 12.4 Å². The Morgan fingerprint density at radius 3 is 1.81 bits per heavy atom. The molecule has 0 saturated carbocycles. The van der Waals surface area contributed by atoms with Crippen molar-refractivity contribution in [2.24, 2.45) is 0 Å². The second kappa shape index (κ2) is 10.6. The van der Waals surface area contributed by atoms with Gasteiger partial charge < -0.3 is 29.0 Å². The fourth-order valence-corrected chi connectivity index (χ4v) is 2.61. The van der Waals surface area contributed by atoms with Crippen molar-refractivity contribution in [2.75, 3.05) is 35.5 Å². The molecule has 0 unspecified atom stereocenters. The van der Waals surface area contributed by atoms with Gasteiger partial charge in [0.25, 0.3) is 0 Å². The largest absolute Gasteiger partial charge is 0.497 e. The summed E-state index contributed by atoms with van der Waals surface area (Å²) < 4.78 is 26.8. The minimum absolute atomic E-state index is 0. The number of hydrogen-bond donors (Lipinski definition) is 1. The van der Waals surface area contributed by atoms with Crippen molar-refractivity contribution in [2.45, 2.75) is 13.1 Å². The summed E-state index contributed by atoms with van der Waals surface area (Å²) in [6.45, 7) is 1.27. The van der Waals surface area contributed by atoms with Gasteiger partial charge in [0.15, 0.2) is 11.5 Å². The average Bonchev–Trinajstić information content (AvgIpc) is 2.66. The summed E-state index contributed by atoms with van der Waals surface area (Å²) >= 11 is 0. The monoisotopic (exact) mass is 383 g/mol. The summed E-state index contributed by atoms with van der Waals surface area (Å²) in [6.07, 6.45) is 0. The zero-order valence-corrected chi connectivity index (χ0v) is 16.6. The van der Waals surface area contributed by atoms with Gasteiger partial charge in [-0.2, -0.15) is 0 Å². The molecule has 26 heavy (non-hydrogen) atoms. The number of ether oxygens (including phenoxy) is 5. The first-order chi connectivity index (χ1) is 12.2. The van der Waals surface area contributed by atoms with Crippen LogP contribution in [0.4, 0.5) is 0 Å². The van der Waals surface area contributed by atoms with Gasteiger partial charge in [0.05, 0.1) is 35.5 Å². The van der Waals surface area contributed by atoms with E-state index < -0.39 is 0 Å². The second-order valence-electron chi connectivity index (χ2n) is 5.32. The Kier molecular flexibility index (Phi) is 8.88. The summed E-state index contributed by atoms with van der Waals surface area (Å²) in [5.74, 6) is 3.42. The SMILES string of the molecule is COc1cc(CNCc2ccc(OC)c(OC)c2OC)cc(OC)c1.Cl. The highest BCUT2D eigenvalue weighted by Crippen LogP contribution is 2.39. The van der Waals surface area contributed by atoms with Crippen LogP contribution in [0.5, 0.6) is 28.7 Å². The predicted molar refractivity (Wildman–Crippen MR) is 103 cm³/mol. The van der Waals surface area contributed by atoms with Crippen LogP contribution in [-0.4, -0.2) is 35.5 Å². The van der Waals surface area contributed by atoms with E-state index in [9.17, 15) is 0 Å². The van der Waals surface area contributed by atoms with Crippen molar-refractivity contribution < 1.29 is 23.7 Å². The van der Waals surface area contributed by atoms with Gasteiger partial charge in [0, 0.05) is 24.7 Å². The molecule has 2 aromatic rings. The van der Waals surface area contributed by atoms with Gasteiger partial charge in [-0.15, -0.1) is 12.4 Å². The van der Waals surface area contributed by atoms with E-state index in [2.05, 4.69) is 5.32 Å². The first-order valence-electron chi connectivity index (χ1n) is 7.87. The molecule has 0 saturated heterocycles. The van der Waals surface area contributed by atoms with Crippen LogP contribution in [0, 0.1) is 0 Å². The van der Waals surface area contributed by atoms with Crippen LogP contribution in [0.25, 0.3) is 0 Å². The maximum atomic E-state index is 5.50. The Morgan fingerprint density at radius 2 is 1.31 bits per heavy atom. The molecular formula is C19H26ClNO5. The molecule has 0 radical (unpaired) electrons. The highest BCUT2D eigenvalue weighted by Gasteiger charge is 2.15. The number of benzene rings is 2. The molecule has 2 aromatic carbocycles. The van der Waals surface area contributed by atoms with E-state index in [0.717, 1.165) is 22.6 Å². The van der Waals surface area contributed by atoms with Crippen molar-refractivity contribution in [1.29, 1.82) is 0 Å². The lowest BCUT2D eigenvalue weighted by atomic mass is 10.1. The van der Waals surface area contributed by atoms with E-state index in [-0.39, 0.29) is 12.4 Å². The van der Waals surface area contributed by atoms with Crippen LogP contribution in [0.2, 0.25) is 0 Å². The van der Waals surface area contributed by atoms with Crippen molar-refractivity contribution >= 4 is 12.4 Å². The van der Waals surface area contributed by atoms with E-state index >= 15 is 0 Å². The van der Waals surface area contributed by atoms with E-state index in [4.69, 9.17) is 23.7 Å². The van der Waals surface area contributed by atoms with Gasteiger partial charge in [0.1, 0.15) is 11.5 Å². The molecule has 0 aliphatic heterocycles. The van der Waals surface area contributed by atoms with Crippen molar-refractivity contribution in [3.63, 3.8) is 0 Å². The Labute approximate surface area is 160 Å². The Hall–Kier alpha value is -2.31. The highest BCUT2D eigenvalue weighted by molar-refractivity contribution is 5.85. The van der Waals surface area contributed by atoms with Crippen LogP contribution in [0.15, 0.2) is 30.3 Å². The van der Waals surface area contributed by atoms with E-state index in [1.165, 1.54) is 0 Å². The number of halogens is 1. The maximum Gasteiger partial charge on any atom is 0.203 e. The van der Waals surface area contributed by atoms with Gasteiger partial charge in [-0.05, 0) is 23.8 Å². The summed E-state index contributed by atoms with van der Waals surface area (Å²) in [7, 11) is 8.10. The van der Waals surface area contributed by atoms with Crippen LogP contribution in [0.1, 0.15) is 11.1 Å². The first kappa shape index (κ1) is 21.7. The van der Waals surface area contributed by atoms with Gasteiger partial charge in [0.2, 0.25) is 5.75 Å². The molecule has 144 valence electrons. The second-order valence-corrected chi connectivity index (χ2v) is 5.32. The topological polar surface area (TPSA) is 58.2 Å². The molecule has 0 atom stereocenters. The van der Waals surface area contributed by atoms with Crippen LogP contribution in [0.3, 0.4) is 0 Å². The van der Waals surface area contributed by atoms with E-state index in [1.807, 2.05) is 30.3 Å². The smallest absolute Gasteiger partial charge is 0.203 e. The van der Waals surface area contributed by atoms with Gasteiger partial charge in [-0.3, -0.25) is 0 Å². The fraction of sp³-hybridized carbons (Fsp3) is 0.368. The predicted octanol–water partition coefficient (Wildman–Crippen LogP) is 3.44. The molecule has 0 aromatic heterocycles. The lowest BCUT2D eigenvalue weighted by Gasteiger charge is -2.16. The average molecular weight is 384 g/mol. The summed E-state index contributed by atoms with van der Waals surface area (Å²) in [5.41, 5.74) is 2.05. The molecule has 6 nitrogen and oxygen atoms in total. The first-order valence-corrected chi connectivity index (χ1v) is 7.87. The molecule has 2 rings (SSSR count). The number of methoxy groups -OCH3 is 5. The van der Waals surface area contributed by atoms with Crippen molar-refractivity contribution in [3.8, 4) is 28.7 Å². The van der Waals surface area contributed by atoms with E-state index in [0.29, 0.717) is 30.3 Å². The Bertz CT molecular complexity index is 686. The number of nitrogens with one attached hydrogen (secondary N) is 1. The third-order valence-corrected chi connectivity index (χ3v) is 3.84. The molecule has 0 amide bonds. The van der Waals surface area contributed by atoms with E-state index in [1.54, 1.807) is 35.5 Å². The minimum Gasteiger partial charge on any atom is -0.497 e. The lowest BCUT2D eigenvalue weighted by molar-refractivity contribution is 0.321. The molecule has 0 spiro atoms. The lowest BCUT2D eigenvalue weighted by Crippen LogP contribution is -2.14. The third-order valence-electron chi connectivity index (χ3n) is 3.84. The molecule has 0 fully saturated rings.